The molecule has 0 amide bonds. The van der Waals surface area contributed by atoms with Gasteiger partial charge in [0.1, 0.15) is 6.10 Å². The molecule has 0 saturated carbocycles. The second-order valence-corrected chi connectivity index (χ2v) is 45.8. The number of cyclic esters (lactones) is 1. The van der Waals surface area contributed by atoms with Crippen LogP contribution in [0.5, 0.6) is 0 Å². The van der Waals surface area contributed by atoms with Crippen LogP contribution in [0.15, 0.2) is 61.3 Å². The maximum atomic E-state index is 13.9. The third-order valence-electron chi connectivity index (χ3n) is 16.7. The fourth-order valence-corrected chi connectivity index (χ4v) is 13.4. The summed E-state index contributed by atoms with van der Waals surface area (Å²) in [5.74, 6) is 0.522. The number of hydrogen-bond acceptors (Lipinski definition) is 6. The van der Waals surface area contributed by atoms with E-state index in [1.807, 2.05) is 18.2 Å². The standard InChI is InChI=1S/C56H108O6Si4/c1-28-29-32-43(4)52-46(7)48(60-64(22,23)54(11,12)13)38-35-41(2)39-45(6)51(62-66(26,27)56(17,18)19)44(5)36-37-47(59-63(20,21)53(8,9)10)40-49(61-65(24,25)55(14,15)16)42(3)33-30-31-34-50(57)58-52/h28-34,36-37,41-49,51-52H,1,35,38-40H2,2-27H3/b32-29-,33-30+,34-31-,37-36-/t41-,42+,43-,44-,45-,46-,47+,48+,49-,51-,52-/m0/s1. The predicted octanol–water partition coefficient (Wildman–Crippen LogP) is 17.3. The zero-order valence-corrected chi connectivity index (χ0v) is 52.0. The van der Waals surface area contributed by atoms with Crippen LogP contribution in [0.4, 0.5) is 0 Å². The molecule has 6 nitrogen and oxygen atoms in total. The van der Waals surface area contributed by atoms with Crippen LogP contribution in [-0.2, 0) is 27.2 Å². The van der Waals surface area contributed by atoms with Crippen molar-refractivity contribution in [2.45, 2.75) is 253 Å². The van der Waals surface area contributed by atoms with Gasteiger partial charge in [-0.05, 0) is 115 Å². The predicted molar refractivity (Wildman–Crippen MR) is 298 cm³/mol. The Labute approximate surface area is 414 Å². The average Bonchev–Trinajstić information content (AvgIpc) is 3.14. The van der Waals surface area contributed by atoms with Gasteiger partial charge >= 0.3 is 5.97 Å². The van der Waals surface area contributed by atoms with Crippen molar-refractivity contribution in [3.05, 3.63) is 61.3 Å². The highest BCUT2D eigenvalue weighted by Gasteiger charge is 2.45. The Morgan fingerprint density at radius 3 is 1.58 bits per heavy atom. The maximum absolute atomic E-state index is 13.9. The number of ether oxygens (including phenoxy) is 1. The summed E-state index contributed by atoms with van der Waals surface area (Å²) >= 11 is 0. The first-order valence-corrected chi connectivity index (χ1v) is 37.5. The Morgan fingerprint density at radius 2 is 1.09 bits per heavy atom. The van der Waals surface area contributed by atoms with E-state index < -0.39 is 39.4 Å². The minimum absolute atomic E-state index is 0.0296. The van der Waals surface area contributed by atoms with Gasteiger partial charge in [-0.25, -0.2) is 4.79 Å². The van der Waals surface area contributed by atoms with Crippen LogP contribution in [0.1, 0.15) is 150 Å². The Bertz CT molecular complexity index is 1620. The van der Waals surface area contributed by atoms with Gasteiger partial charge in [-0.15, -0.1) is 0 Å². The maximum Gasteiger partial charge on any atom is 0.331 e. The molecule has 1 rings (SSSR count). The molecule has 0 fully saturated rings. The monoisotopic (exact) mass is 989 g/mol. The van der Waals surface area contributed by atoms with Crippen molar-refractivity contribution < 1.29 is 27.2 Å². The van der Waals surface area contributed by atoms with Crippen LogP contribution in [-0.4, -0.2) is 69.8 Å². The molecule has 1 heterocycles. The minimum atomic E-state index is -2.21. The Kier molecular flexibility index (Phi) is 23.6. The van der Waals surface area contributed by atoms with Gasteiger partial charge in [-0.3, -0.25) is 0 Å². The fourth-order valence-electron chi connectivity index (χ4n) is 7.80. The molecular weight excluding hydrogens is 881 g/mol. The molecule has 0 aromatic carbocycles. The Balaban J connectivity index is 4.21. The van der Waals surface area contributed by atoms with E-state index in [2.05, 4.69) is 208 Å². The van der Waals surface area contributed by atoms with Crippen molar-refractivity contribution in [1.82, 2.24) is 0 Å². The first kappa shape index (κ1) is 62.9. The summed E-state index contributed by atoms with van der Waals surface area (Å²) in [6, 6.07) is 0. The Hall–Kier alpha value is -1.12. The summed E-state index contributed by atoms with van der Waals surface area (Å²) in [6.07, 6.45) is 21.2. The first-order valence-electron chi connectivity index (χ1n) is 25.8. The fraction of sp³-hybridized carbons (Fsp3) is 0.804. The highest BCUT2D eigenvalue weighted by atomic mass is 28.4. The SMILES string of the molecule is C=C/C=C\[C@H](C)[C@@H]1OC(=O)/C=C\C=C\[C@@H](C)[C@@H](O[Si](C)(C)C(C)(C)C)C[C@H](O[Si](C)(C)C(C)(C)C)/C=C\[C@H](C)[C@H](O[Si](C)(C)C(C)(C)C)[C@@H](C)C[C@@H](C)CC[C@@H](O[Si](C)(C)C(C)(C)C)[C@@H]1C. The molecule has 66 heavy (non-hydrogen) atoms. The largest absolute Gasteiger partial charge is 0.458 e. The quantitative estimate of drug-likeness (QED) is 0.0890. The molecule has 1 aliphatic rings. The van der Waals surface area contributed by atoms with E-state index in [1.54, 1.807) is 12.2 Å². The van der Waals surface area contributed by atoms with Crippen molar-refractivity contribution in [1.29, 1.82) is 0 Å². The second kappa shape index (κ2) is 24.8. The van der Waals surface area contributed by atoms with Gasteiger partial charge in [0.05, 0.1) is 24.4 Å². The van der Waals surface area contributed by atoms with Gasteiger partial charge in [-0.1, -0.05) is 180 Å². The van der Waals surface area contributed by atoms with Gasteiger partial charge in [0.15, 0.2) is 33.3 Å². The van der Waals surface area contributed by atoms with Gasteiger partial charge in [0.2, 0.25) is 0 Å². The van der Waals surface area contributed by atoms with Crippen LogP contribution in [0.2, 0.25) is 72.5 Å². The van der Waals surface area contributed by atoms with Crippen molar-refractivity contribution in [2.75, 3.05) is 0 Å². The van der Waals surface area contributed by atoms with Gasteiger partial charge in [0, 0.05) is 24.3 Å². The zero-order valence-electron chi connectivity index (χ0n) is 48.0. The lowest BCUT2D eigenvalue weighted by Crippen LogP contribution is -2.48. The molecule has 0 radical (unpaired) electrons. The summed E-state index contributed by atoms with van der Waals surface area (Å²) in [5, 5.41) is 0.176. The van der Waals surface area contributed by atoms with E-state index in [1.165, 1.54) is 0 Å². The van der Waals surface area contributed by atoms with Crippen LogP contribution >= 0.6 is 0 Å². The summed E-state index contributed by atoms with van der Waals surface area (Å²) in [7, 11) is -8.76. The molecule has 0 aromatic heterocycles. The number of carbonyl (C=O) groups is 1. The zero-order chi connectivity index (χ0) is 51.7. The third kappa shape index (κ3) is 19.2. The van der Waals surface area contributed by atoms with Gasteiger partial charge in [0.25, 0.3) is 0 Å². The van der Waals surface area contributed by atoms with E-state index in [-0.39, 0.29) is 74.2 Å². The number of hydrogen-bond donors (Lipinski definition) is 0. The van der Waals surface area contributed by atoms with E-state index in [9.17, 15) is 4.79 Å². The molecule has 0 saturated heterocycles. The van der Waals surface area contributed by atoms with E-state index in [4.69, 9.17) is 22.4 Å². The molecule has 0 spiro atoms. The molecular formula is C56H108O6Si4. The minimum Gasteiger partial charge on any atom is -0.458 e. The van der Waals surface area contributed by atoms with E-state index in [0.717, 1.165) is 25.7 Å². The van der Waals surface area contributed by atoms with Crippen LogP contribution < -0.4 is 0 Å². The molecule has 0 N–H and O–H groups in total. The lowest BCUT2D eigenvalue weighted by molar-refractivity contribution is -0.150. The van der Waals surface area contributed by atoms with Crippen LogP contribution in [0.3, 0.4) is 0 Å². The van der Waals surface area contributed by atoms with E-state index in [0.29, 0.717) is 11.8 Å². The smallest absolute Gasteiger partial charge is 0.331 e. The molecule has 384 valence electrons. The highest BCUT2D eigenvalue weighted by Crippen LogP contribution is 2.44. The first-order chi connectivity index (χ1) is 29.6. The van der Waals surface area contributed by atoms with Crippen molar-refractivity contribution >= 4 is 39.2 Å². The van der Waals surface area contributed by atoms with Crippen molar-refractivity contribution in [2.24, 2.45) is 35.5 Å². The van der Waals surface area contributed by atoms with Crippen LogP contribution in [0.25, 0.3) is 0 Å². The summed E-state index contributed by atoms with van der Waals surface area (Å²) < 4.78 is 36.1. The molecule has 0 bridgehead atoms. The van der Waals surface area contributed by atoms with Gasteiger partial charge < -0.3 is 22.4 Å². The lowest BCUT2D eigenvalue weighted by Gasteiger charge is -2.44. The highest BCUT2D eigenvalue weighted by molar-refractivity contribution is 6.75. The number of esters is 1. The molecule has 0 unspecified atom stereocenters. The van der Waals surface area contributed by atoms with Crippen molar-refractivity contribution in [3.8, 4) is 0 Å². The van der Waals surface area contributed by atoms with Crippen molar-refractivity contribution in [3.63, 3.8) is 0 Å². The molecule has 10 heteroatoms. The van der Waals surface area contributed by atoms with Crippen LogP contribution in [0, 0.1) is 35.5 Å². The molecule has 1 aliphatic heterocycles. The topological polar surface area (TPSA) is 63.2 Å². The summed E-state index contributed by atoms with van der Waals surface area (Å²) in [4.78, 5) is 13.9. The third-order valence-corrected chi connectivity index (χ3v) is 34.6. The Morgan fingerprint density at radius 1 is 0.621 bits per heavy atom. The van der Waals surface area contributed by atoms with Gasteiger partial charge in [-0.2, -0.15) is 0 Å². The number of rotatable bonds is 11. The summed E-state index contributed by atoms with van der Waals surface area (Å²) in [6.45, 7) is 64.5. The molecule has 0 aromatic rings. The lowest BCUT2D eigenvalue weighted by atomic mass is 9.82. The van der Waals surface area contributed by atoms with E-state index >= 15 is 0 Å². The number of carbonyl (C=O) groups excluding carboxylic acids is 1. The number of allylic oxidation sites excluding steroid dienone is 4. The molecule has 0 aliphatic carbocycles. The second-order valence-electron chi connectivity index (χ2n) is 26.8. The normalized spacial score (nSPS) is 30.7. The summed E-state index contributed by atoms with van der Waals surface area (Å²) in [5.41, 5.74) is 0. The average molecular weight is 990 g/mol. The molecule has 11 atom stereocenters.